The quantitative estimate of drug-likeness (QED) is 0.103. The van der Waals surface area contributed by atoms with E-state index in [1.807, 2.05) is 6.07 Å². The van der Waals surface area contributed by atoms with Crippen LogP contribution in [0, 0.1) is 35.5 Å². The number of nitrogens with one attached hydrogen (secondary N) is 3. The summed E-state index contributed by atoms with van der Waals surface area (Å²) in [7, 11) is 3.49. The molecule has 0 radical (unpaired) electrons. The first-order chi connectivity index (χ1) is 34.1. The van der Waals surface area contributed by atoms with Gasteiger partial charge >= 0.3 is 0 Å². The molecule has 8 bridgehead atoms. The number of rotatable bonds is 15. The highest BCUT2D eigenvalue weighted by molar-refractivity contribution is 6.27. The van der Waals surface area contributed by atoms with Crippen LogP contribution in [-0.4, -0.2) is 54.1 Å². The van der Waals surface area contributed by atoms with Gasteiger partial charge in [0.05, 0.1) is 26.3 Å². The Morgan fingerprint density at radius 1 is 0.614 bits per heavy atom. The van der Waals surface area contributed by atoms with Crippen LogP contribution in [0.1, 0.15) is 175 Å². The average Bonchev–Trinajstić information content (AvgIpc) is 3.35. The lowest BCUT2D eigenvalue weighted by Gasteiger charge is -2.57. The van der Waals surface area contributed by atoms with Crippen LogP contribution in [0.2, 0.25) is 0 Å². The fraction of sp³-hybridized carbons (Fsp3) is 0.597. The summed E-state index contributed by atoms with van der Waals surface area (Å²) in [5.41, 5.74) is 11.0. The molecule has 8 saturated carbocycles. The highest BCUT2D eigenvalue weighted by atomic mass is 35.5. The number of hydrogen-bond donors (Lipinski definition) is 3. The molecule has 10 aliphatic rings. The van der Waals surface area contributed by atoms with Crippen LogP contribution in [0.15, 0.2) is 84.9 Å². The minimum Gasteiger partial charge on any atom is -0.497 e. The van der Waals surface area contributed by atoms with Gasteiger partial charge in [-0.25, -0.2) is 0 Å². The number of carbonyl (C=O) groups is 1. The molecule has 0 unspecified atom stereocenters. The number of benzene rings is 4. The zero-order chi connectivity index (χ0) is 48.0. The lowest BCUT2D eigenvalue weighted by molar-refractivity contribution is -0.133. The normalized spacial score (nSPS) is 32.9. The van der Waals surface area contributed by atoms with Crippen LogP contribution in [-0.2, 0) is 17.6 Å². The van der Waals surface area contributed by atoms with Gasteiger partial charge in [0.1, 0.15) is 17.4 Å². The van der Waals surface area contributed by atoms with Crippen molar-refractivity contribution in [3.8, 4) is 11.5 Å². The number of carbonyl (C=O) groups excluding carboxylic acids is 1. The molecule has 0 saturated heterocycles. The summed E-state index contributed by atoms with van der Waals surface area (Å²) in [6.07, 6.45) is 25.9. The standard InChI is InChI=1S/C32H41ClN2O2.C30H40N2O/c1-3-4-5-27-15-25-16-28(37-2)10-11-29(25)31(35(27)30(36)20-33)24-6-8-26(9-7-24)34-32-17-21-12-22(18-32)14-23(13-21)19-32;1-3-4-5-26-15-24-16-27(33-2)10-11-28(24)29(31-26)23-6-8-25(9-7-23)32-30-17-20-12-21(18-30)14-22(13-20)19-30/h6-11,16,21-23,27,31,34H,3-5,12-15,17-20H2,1-2H3;6-11,16,20-22,26,29,31-32H,3-5,12-15,17-19H2,1-2H3/t21?,22?,23?,27-,31-,32?;20?,21?,22?,26-,29-,30?/m00/s1. The van der Waals surface area contributed by atoms with Crippen molar-refractivity contribution in [1.29, 1.82) is 0 Å². The van der Waals surface area contributed by atoms with Crippen molar-refractivity contribution in [2.24, 2.45) is 35.5 Å². The number of halogens is 1. The van der Waals surface area contributed by atoms with Gasteiger partial charge in [0.2, 0.25) is 5.91 Å². The van der Waals surface area contributed by atoms with E-state index in [0.717, 1.165) is 84.7 Å². The van der Waals surface area contributed by atoms with Gasteiger partial charge in [0, 0.05) is 34.5 Å². The van der Waals surface area contributed by atoms with Crippen molar-refractivity contribution in [1.82, 2.24) is 10.2 Å². The second-order valence-electron chi connectivity index (χ2n) is 24.0. The Morgan fingerprint density at radius 2 is 1.07 bits per heavy atom. The molecule has 8 heteroatoms. The van der Waals surface area contributed by atoms with E-state index >= 15 is 0 Å². The summed E-state index contributed by atoms with van der Waals surface area (Å²) in [5, 5.41) is 12.0. The molecule has 70 heavy (non-hydrogen) atoms. The number of methoxy groups -OCH3 is 2. The van der Waals surface area contributed by atoms with Gasteiger partial charge in [0.15, 0.2) is 0 Å². The predicted molar refractivity (Wildman–Crippen MR) is 286 cm³/mol. The largest absolute Gasteiger partial charge is 0.497 e. The van der Waals surface area contributed by atoms with E-state index in [0.29, 0.717) is 11.6 Å². The lowest BCUT2D eigenvalue weighted by Crippen LogP contribution is -2.54. The Bertz CT molecular complexity index is 2380. The highest BCUT2D eigenvalue weighted by Gasteiger charge is 2.52. The molecular weight excluding hydrogens is 884 g/mol. The van der Waals surface area contributed by atoms with Crippen LogP contribution in [0.25, 0.3) is 0 Å². The monoisotopic (exact) mass is 965 g/mol. The summed E-state index contributed by atoms with van der Waals surface area (Å²) in [6, 6.07) is 32.1. The molecular formula is C62H81ClN4O3. The van der Waals surface area contributed by atoms with Crippen molar-refractivity contribution in [2.75, 3.05) is 30.7 Å². The summed E-state index contributed by atoms with van der Waals surface area (Å²) in [6.45, 7) is 4.49. The van der Waals surface area contributed by atoms with Crippen LogP contribution < -0.4 is 25.4 Å². The summed E-state index contributed by atoms with van der Waals surface area (Å²) < 4.78 is 11.1. The van der Waals surface area contributed by atoms with E-state index in [9.17, 15) is 4.79 Å². The van der Waals surface area contributed by atoms with Gasteiger partial charge in [0.25, 0.3) is 0 Å². The summed E-state index contributed by atoms with van der Waals surface area (Å²) >= 11 is 6.19. The molecule has 14 rings (SSSR count). The van der Waals surface area contributed by atoms with E-state index < -0.39 is 0 Å². The molecule has 2 heterocycles. The van der Waals surface area contributed by atoms with Gasteiger partial charge in [-0.05, 0) is 220 Å². The maximum atomic E-state index is 13.3. The van der Waals surface area contributed by atoms with E-state index in [4.69, 9.17) is 21.1 Å². The Balaban J connectivity index is 0.000000153. The molecule has 8 fully saturated rings. The number of fused-ring (bicyclic) bond motifs is 2. The number of anilines is 2. The molecule has 4 aromatic carbocycles. The summed E-state index contributed by atoms with van der Waals surface area (Å²) in [4.78, 5) is 15.4. The SMILES string of the molecule is CCCC[C@H]1Cc2cc(OC)ccc2[C@H](c2ccc(NC34CC5CC(CC(C5)C3)C4)cc2)N1.CCCC[C@H]1Cc2cc(OC)ccc2[C@H](c2ccc(NC34CC5CC(CC(C5)C3)C4)cc2)N1C(=O)CCl. The van der Waals surface area contributed by atoms with Crippen molar-refractivity contribution in [3.63, 3.8) is 0 Å². The van der Waals surface area contributed by atoms with Crippen molar-refractivity contribution >= 4 is 28.9 Å². The molecule has 2 aliphatic heterocycles. The first-order valence-corrected chi connectivity index (χ1v) is 28.4. The number of unbranched alkanes of at least 4 members (excludes halogenated alkanes) is 2. The topological polar surface area (TPSA) is 74.9 Å². The van der Waals surface area contributed by atoms with Crippen molar-refractivity contribution in [2.45, 2.75) is 178 Å². The lowest BCUT2D eigenvalue weighted by atomic mass is 9.53. The predicted octanol–water partition coefficient (Wildman–Crippen LogP) is 14.2. The molecule has 1 amide bonds. The molecule has 3 N–H and O–H groups in total. The van der Waals surface area contributed by atoms with Crippen LogP contribution in [0.4, 0.5) is 11.4 Å². The van der Waals surface area contributed by atoms with Crippen LogP contribution >= 0.6 is 11.6 Å². The van der Waals surface area contributed by atoms with Gasteiger partial charge < -0.3 is 30.3 Å². The van der Waals surface area contributed by atoms with Crippen molar-refractivity contribution < 1.29 is 14.3 Å². The van der Waals surface area contributed by atoms with Gasteiger partial charge in [-0.15, -0.1) is 11.6 Å². The van der Waals surface area contributed by atoms with Crippen LogP contribution in [0.3, 0.4) is 0 Å². The molecule has 0 aromatic heterocycles. The van der Waals surface area contributed by atoms with E-state index in [1.165, 1.54) is 136 Å². The Kier molecular flexibility index (Phi) is 14.0. The number of ether oxygens (including phenoxy) is 2. The Morgan fingerprint density at radius 3 is 1.54 bits per heavy atom. The minimum atomic E-state index is -0.128. The highest BCUT2D eigenvalue weighted by Crippen LogP contribution is 2.58. The fourth-order valence-electron chi connectivity index (χ4n) is 16.7. The third kappa shape index (κ3) is 9.85. The van der Waals surface area contributed by atoms with Gasteiger partial charge in [-0.2, -0.15) is 0 Å². The number of nitrogens with zero attached hydrogens (tertiary/aromatic N) is 1. The Hall–Kier alpha value is -4.20. The Labute approximate surface area is 425 Å². The number of amides is 1. The molecule has 374 valence electrons. The molecule has 0 spiro atoms. The summed E-state index contributed by atoms with van der Waals surface area (Å²) in [5.74, 6) is 7.56. The van der Waals surface area contributed by atoms with E-state index in [1.54, 1.807) is 14.2 Å². The third-order valence-electron chi connectivity index (χ3n) is 18.9. The smallest absolute Gasteiger partial charge is 0.238 e. The second kappa shape index (κ2) is 20.4. The minimum absolute atomic E-state index is 0.0102. The maximum absolute atomic E-state index is 13.3. The fourth-order valence-corrected chi connectivity index (χ4v) is 16.8. The first-order valence-electron chi connectivity index (χ1n) is 27.9. The van der Waals surface area contributed by atoms with Crippen molar-refractivity contribution in [3.05, 3.63) is 118 Å². The zero-order valence-electron chi connectivity index (χ0n) is 42.8. The molecule has 7 nitrogen and oxygen atoms in total. The maximum Gasteiger partial charge on any atom is 0.238 e. The van der Waals surface area contributed by atoms with Crippen LogP contribution in [0.5, 0.6) is 11.5 Å². The second-order valence-corrected chi connectivity index (χ2v) is 24.3. The third-order valence-corrected chi connectivity index (χ3v) is 19.1. The molecule has 8 aliphatic carbocycles. The van der Waals surface area contributed by atoms with Gasteiger partial charge in [-0.1, -0.05) is 75.9 Å². The molecule has 4 aromatic rings. The van der Waals surface area contributed by atoms with E-state index in [-0.39, 0.29) is 35.5 Å². The average molecular weight is 966 g/mol. The van der Waals surface area contributed by atoms with E-state index in [2.05, 4.69) is 114 Å². The van der Waals surface area contributed by atoms with Gasteiger partial charge in [-0.3, -0.25) is 4.79 Å². The number of hydrogen-bond acceptors (Lipinski definition) is 6. The first kappa shape index (κ1) is 48.1. The number of alkyl halides is 1. The zero-order valence-corrected chi connectivity index (χ0v) is 43.5. The molecule has 4 atom stereocenters.